The third kappa shape index (κ3) is 1.81. The van der Waals surface area contributed by atoms with Crippen LogP contribution in [0.4, 0.5) is 4.79 Å². The summed E-state index contributed by atoms with van der Waals surface area (Å²) in [6.45, 7) is 0.781. The number of nitrogens with zero attached hydrogens (tertiary/aromatic N) is 2. The van der Waals surface area contributed by atoms with Gasteiger partial charge in [0.1, 0.15) is 0 Å². The molecule has 1 atom stereocenters. The molecule has 2 aliphatic rings. The lowest BCUT2D eigenvalue weighted by molar-refractivity contribution is -0.149. The van der Waals surface area contributed by atoms with Crippen LogP contribution in [0, 0.1) is 0 Å². The molecule has 5 nitrogen and oxygen atoms in total. The van der Waals surface area contributed by atoms with Gasteiger partial charge in [0.15, 0.2) is 0 Å². The van der Waals surface area contributed by atoms with E-state index in [0.717, 1.165) is 5.56 Å². The van der Waals surface area contributed by atoms with E-state index in [-0.39, 0.29) is 6.03 Å². The van der Waals surface area contributed by atoms with E-state index < -0.39 is 11.6 Å². The van der Waals surface area contributed by atoms with Crippen LogP contribution in [-0.4, -0.2) is 45.7 Å². The summed E-state index contributed by atoms with van der Waals surface area (Å²) in [6.07, 6.45) is 1.64. The lowest BCUT2D eigenvalue weighted by Gasteiger charge is -2.20. The fourth-order valence-corrected chi connectivity index (χ4v) is 2.81. The predicted molar refractivity (Wildman–Crippen MR) is 68.1 cm³/mol. The minimum absolute atomic E-state index is 0.320. The number of hydrogen-bond donors (Lipinski definition) is 1. The monoisotopic (exact) mass is 260 g/mol. The normalized spacial score (nSPS) is 26.2. The molecule has 0 aromatic heterocycles. The molecule has 1 N–H and O–H groups in total. The van der Waals surface area contributed by atoms with E-state index >= 15 is 0 Å². The van der Waals surface area contributed by atoms with Crippen molar-refractivity contribution in [3.05, 3.63) is 35.9 Å². The Morgan fingerprint density at radius 1 is 1.21 bits per heavy atom. The summed E-state index contributed by atoms with van der Waals surface area (Å²) in [5.74, 6) is -0.467. The molecule has 100 valence electrons. The van der Waals surface area contributed by atoms with E-state index in [9.17, 15) is 14.7 Å². The average Bonchev–Trinajstić information content (AvgIpc) is 2.89. The molecule has 2 fully saturated rings. The van der Waals surface area contributed by atoms with Gasteiger partial charge in [-0.15, -0.1) is 0 Å². The zero-order valence-corrected chi connectivity index (χ0v) is 10.6. The van der Waals surface area contributed by atoms with Crippen molar-refractivity contribution in [2.75, 3.05) is 13.1 Å². The van der Waals surface area contributed by atoms with Crippen molar-refractivity contribution in [3.63, 3.8) is 0 Å². The van der Waals surface area contributed by atoms with Crippen LogP contribution in [0.15, 0.2) is 30.3 Å². The number of imide groups is 1. The zero-order valence-electron chi connectivity index (χ0n) is 10.6. The predicted octanol–water partition coefficient (Wildman–Crippen LogP) is 0.976. The van der Waals surface area contributed by atoms with Crippen molar-refractivity contribution in [2.24, 2.45) is 0 Å². The van der Waals surface area contributed by atoms with Crippen molar-refractivity contribution < 1.29 is 14.7 Å². The molecule has 3 amide bonds. The summed E-state index contributed by atoms with van der Waals surface area (Å²) in [5.41, 5.74) is -0.504. The number of fused-ring (bicyclic) bond motifs is 1. The van der Waals surface area contributed by atoms with Crippen LogP contribution in [0.25, 0.3) is 0 Å². The third-order valence-corrected chi connectivity index (χ3v) is 3.87. The highest BCUT2D eigenvalue weighted by molar-refractivity contribution is 6.06. The molecule has 1 aromatic rings. The first-order valence-electron chi connectivity index (χ1n) is 6.53. The number of benzene rings is 1. The van der Waals surface area contributed by atoms with Crippen molar-refractivity contribution in [2.45, 2.75) is 25.0 Å². The molecule has 0 saturated carbocycles. The molecule has 1 aromatic carbocycles. The summed E-state index contributed by atoms with van der Waals surface area (Å²) in [6, 6.07) is 9.33. The third-order valence-electron chi connectivity index (χ3n) is 3.87. The van der Waals surface area contributed by atoms with Crippen LogP contribution < -0.4 is 0 Å². The Hall–Kier alpha value is -1.88. The summed E-state index contributed by atoms with van der Waals surface area (Å²) in [7, 11) is 0. The fourth-order valence-electron chi connectivity index (χ4n) is 2.81. The highest BCUT2D eigenvalue weighted by Crippen LogP contribution is 2.35. The fraction of sp³-hybridized carbons (Fsp3) is 0.429. The number of carbonyl (C=O) groups excluding carboxylic acids is 2. The van der Waals surface area contributed by atoms with Gasteiger partial charge in [0.05, 0.1) is 0 Å². The van der Waals surface area contributed by atoms with Crippen molar-refractivity contribution in [1.82, 2.24) is 9.80 Å². The second-order valence-corrected chi connectivity index (χ2v) is 5.05. The molecular weight excluding hydrogens is 244 g/mol. The Bertz CT molecular complexity index is 517. The van der Waals surface area contributed by atoms with Gasteiger partial charge in [-0.3, -0.25) is 14.6 Å². The number of hydrogen-bond acceptors (Lipinski definition) is 3. The molecule has 0 aliphatic carbocycles. The lowest BCUT2D eigenvalue weighted by atomic mass is 10.1. The number of carbonyl (C=O) groups is 2. The Labute approximate surface area is 111 Å². The van der Waals surface area contributed by atoms with Crippen molar-refractivity contribution in [1.29, 1.82) is 0 Å². The second kappa shape index (κ2) is 4.35. The van der Waals surface area contributed by atoms with E-state index in [1.807, 2.05) is 30.3 Å². The maximum Gasteiger partial charge on any atom is 0.329 e. The topological polar surface area (TPSA) is 60.9 Å². The molecule has 2 saturated heterocycles. The Balaban J connectivity index is 1.73. The van der Waals surface area contributed by atoms with E-state index in [1.54, 1.807) is 0 Å². The van der Waals surface area contributed by atoms with Crippen molar-refractivity contribution in [3.8, 4) is 0 Å². The molecule has 19 heavy (non-hydrogen) atoms. The van der Waals surface area contributed by atoms with Gasteiger partial charge in [-0.2, -0.15) is 0 Å². The minimum atomic E-state index is -1.58. The number of rotatable bonds is 3. The molecule has 0 spiro atoms. The van der Waals surface area contributed by atoms with Crippen LogP contribution in [0.5, 0.6) is 0 Å². The average molecular weight is 260 g/mol. The van der Waals surface area contributed by atoms with Gasteiger partial charge in [0, 0.05) is 19.5 Å². The van der Waals surface area contributed by atoms with Gasteiger partial charge < -0.3 is 5.11 Å². The molecule has 2 heterocycles. The highest BCUT2D eigenvalue weighted by atomic mass is 16.3. The second-order valence-electron chi connectivity index (χ2n) is 5.05. The summed E-state index contributed by atoms with van der Waals surface area (Å²) >= 11 is 0. The van der Waals surface area contributed by atoms with Gasteiger partial charge in [-0.25, -0.2) is 4.79 Å². The van der Waals surface area contributed by atoms with Crippen LogP contribution in [0.1, 0.15) is 18.4 Å². The first kappa shape index (κ1) is 12.2. The molecule has 3 rings (SSSR count). The van der Waals surface area contributed by atoms with E-state index in [2.05, 4.69) is 0 Å². The van der Waals surface area contributed by atoms with Crippen molar-refractivity contribution >= 4 is 11.9 Å². The van der Waals surface area contributed by atoms with Crippen LogP contribution >= 0.6 is 0 Å². The molecule has 5 heteroatoms. The quantitative estimate of drug-likeness (QED) is 0.824. The number of urea groups is 1. The molecule has 2 aliphatic heterocycles. The SMILES string of the molecule is O=C1N(CCc2ccccc2)C(=O)[C@@]2(O)CCCN12. The van der Waals surface area contributed by atoms with Gasteiger partial charge in [-0.1, -0.05) is 30.3 Å². The minimum Gasteiger partial charge on any atom is -0.363 e. The van der Waals surface area contributed by atoms with E-state index in [0.29, 0.717) is 32.4 Å². The van der Waals surface area contributed by atoms with Gasteiger partial charge in [0.2, 0.25) is 5.72 Å². The van der Waals surface area contributed by atoms with Gasteiger partial charge in [0.25, 0.3) is 5.91 Å². The maximum atomic E-state index is 12.2. The van der Waals surface area contributed by atoms with Gasteiger partial charge >= 0.3 is 6.03 Å². The molecule has 0 unspecified atom stereocenters. The number of amides is 3. The maximum absolute atomic E-state index is 12.2. The molecule has 0 bridgehead atoms. The van der Waals surface area contributed by atoms with Gasteiger partial charge in [-0.05, 0) is 18.4 Å². The first-order chi connectivity index (χ1) is 9.13. The van der Waals surface area contributed by atoms with Crippen LogP contribution in [0.2, 0.25) is 0 Å². The zero-order chi connectivity index (χ0) is 13.5. The van der Waals surface area contributed by atoms with Crippen LogP contribution in [0.3, 0.4) is 0 Å². The number of aliphatic hydroxyl groups is 1. The summed E-state index contributed by atoms with van der Waals surface area (Å²) in [4.78, 5) is 26.7. The van der Waals surface area contributed by atoms with Crippen LogP contribution in [-0.2, 0) is 11.2 Å². The standard InChI is InChI=1S/C14H16N2O3/c17-12-14(19)8-4-9-16(14)13(18)15(12)10-7-11-5-2-1-3-6-11/h1-3,5-6,19H,4,7-10H2/t14-/m0/s1. The largest absolute Gasteiger partial charge is 0.363 e. The summed E-state index contributed by atoms with van der Waals surface area (Å²) < 4.78 is 0. The highest BCUT2D eigenvalue weighted by Gasteiger charge is 2.58. The smallest absolute Gasteiger partial charge is 0.329 e. The molecular formula is C14H16N2O3. The lowest BCUT2D eigenvalue weighted by Crippen LogP contribution is -2.44. The van der Waals surface area contributed by atoms with E-state index in [4.69, 9.17) is 0 Å². The van der Waals surface area contributed by atoms with E-state index in [1.165, 1.54) is 9.80 Å². The molecule has 0 radical (unpaired) electrons. The summed E-state index contributed by atoms with van der Waals surface area (Å²) in [5, 5.41) is 10.3. The Kier molecular flexibility index (Phi) is 2.78. The first-order valence-corrected chi connectivity index (χ1v) is 6.53. The Morgan fingerprint density at radius 2 is 1.95 bits per heavy atom. The Morgan fingerprint density at radius 3 is 2.63 bits per heavy atom.